The third-order valence-corrected chi connectivity index (χ3v) is 3.98. The van der Waals surface area contributed by atoms with Crippen molar-refractivity contribution in [3.63, 3.8) is 0 Å². The molecule has 0 fully saturated rings. The summed E-state index contributed by atoms with van der Waals surface area (Å²) < 4.78 is 0. The van der Waals surface area contributed by atoms with Gasteiger partial charge in [-0.2, -0.15) is 0 Å². The van der Waals surface area contributed by atoms with Crippen LogP contribution in [0.25, 0.3) is 0 Å². The van der Waals surface area contributed by atoms with Gasteiger partial charge in [-0.05, 0) is 41.1 Å². The molecule has 0 saturated carbocycles. The molecule has 2 N–H and O–H groups in total. The van der Waals surface area contributed by atoms with Gasteiger partial charge in [0.05, 0.1) is 4.88 Å². The maximum atomic E-state index is 12.4. The Hall–Kier alpha value is -1.81. The fourth-order valence-electron chi connectivity index (χ4n) is 2.01. The predicted molar refractivity (Wildman–Crippen MR) is 80.3 cm³/mol. The minimum Gasteiger partial charge on any atom is -0.399 e. The number of aryl methyl sites for hydroxylation is 1. The fraction of sp³-hybridized carbons (Fsp3) is 0.267. The average Bonchev–Trinajstić information content (AvgIpc) is 2.86. The van der Waals surface area contributed by atoms with Gasteiger partial charge in [-0.15, -0.1) is 11.3 Å². The van der Waals surface area contributed by atoms with Crippen LogP contribution < -0.4 is 5.73 Å². The smallest absolute Gasteiger partial charge is 0.264 e. The summed E-state index contributed by atoms with van der Waals surface area (Å²) in [5.41, 5.74) is 8.64. The van der Waals surface area contributed by atoms with E-state index in [0.717, 1.165) is 28.1 Å². The number of hydrogen-bond acceptors (Lipinski definition) is 3. The lowest BCUT2D eigenvalue weighted by Crippen LogP contribution is -2.26. The lowest BCUT2D eigenvalue weighted by atomic mass is 10.1. The van der Waals surface area contributed by atoms with Gasteiger partial charge in [-0.1, -0.05) is 19.1 Å². The highest BCUT2D eigenvalue weighted by Crippen LogP contribution is 2.20. The first-order chi connectivity index (χ1) is 9.11. The van der Waals surface area contributed by atoms with Crippen molar-refractivity contribution in [2.45, 2.75) is 19.9 Å². The molecule has 0 aliphatic heterocycles. The molecule has 0 unspecified atom stereocenters. The minimum atomic E-state index is 0.0780. The minimum absolute atomic E-state index is 0.0780. The molecule has 1 aromatic heterocycles. The second kappa shape index (κ2) is 5.89. The number of anilines is 1. The summed E-state index contributed by atoms with van der Waals surface area (Å²) in [7, 11) is 1.82. The van der Waals surface area contributed by atoms with E-state index in [1.807, 2.05) is 42.8 Å². The lowest BCUT2D eigenvalue weighted by molar-refractivity contribution is 0.0789. The highest BCUT2D eigenvalue weighted by molar-refractivity contribution is 7.12. The van der Waals surface area contributed by atoms with E-state index in [1.54, 1.807) is 4.90 Å². The van der Waals surface area contributed by atoms with Gasteiger partial charge < -0.3 is 10.6 Å². The number of rotatable bonds is 4. The number of nitrogen functional groups attached to an aromatic ring is 1. The summed E-state index contributed by atoms with van der Waals surface area (Å²) in [4.78, 5) is 15.0. The Morgan fingerprint density at radius 2 is 2.16 bits per heavy atom. The number of carbonyl (C=O) groups excluding carboxylic acids is 1. The van der Waals surface area contributed by atoms with Gasteiger partial charge in [-0.25, -0.2) is 0 Å². The van der Waals surface area contributed by atoms with Crippen molar-refractivity contribution in [3.8, 4) is 0 Å². The molecule has 0 aliphatic carbocycles. The van der Waals surface area contributed by atoms with Crippen LogP contribution in [-0.2, 0) is 13.0 Å². The molecule has 0 radical (unpaired) electrons. The van der Waals surface area contributed by atoms with Crippen LogP contribution in [0.2, 0.25) is 0 Å². The molecule has 19 heavy (non-hydrogen) atoms. The Morgan fingerprint density at radius 1 is 1.37 bits per heavy atom. The van der Waals surface area contributed by atoms with E-state index < -0.39 is 0 Å². The molecule has 2 aromatic rings. The monoisotopic (exact) mass is 274 g/mol. The molecule has 0 aliphatic rings. The van der Waals surface area contributed by atoms with Crippen molar-refractivity contribution >= 4 is 22.9 Å². The summed E-state index contributed by atoms with van der Waals surface area (Å²) >= 11 is 1.51. The third-order valence-electron chi connectivity index (χ3n) is 3.04. The zero-order valence-corrected chi connectivity index (χ0v) is 12.0. The SMILES string of the molecule is CCc1ccsc1C(=O)N(C)Cc1cccc(N)c1. The zero-order chi connectivity index (χ0) is 13.8. The van der Waals surface area contributed by atoms with Crippen molar-refractivity contribution < 1.29 is 4.79 Å². The van der Waals surface area contributed by atoms with Crippen LogP contribution in [-0.4, -0.2) is 17.9 Å². The number of carbonyl (C=O) groups is 1. The van der Waals surface area contributed by atoms with Crippen LogP contribution >= 0.6 is 11.3 Å². The first kappa shape index (κ1) is 13.6. The predicted octanol–water partition coefficient (Wildman–Crippen LogP) is 3.16. The largest absolute Gasteiger partial charge is 0.399 e. The van der Waals surface area contributed by atoms with Crippen LogP contribution in [0.15, 0.2) is 35.7 Å². The van der Waals surface area contributed by atoms with E-state index in [9.17, 15) is 4.79 Å². The van der Waals surface area contributed by atoms with Crippen LogP contribution in [0.3, 0.4) is 0 Å². The Bertz CT molecular complexity index is 577. The molecule has 1 aromatic carbocycles. The van der Waals surface area contributed by atoms with Crippen molar-refractivity contribution in [2.24, 2.45) is 0 Å². The molecular weight excluding hydrogens is 256 g/mol. The standard InChI is InChI=1S/C15H18N2OS/c1-3-12-7-8-19-14(12)15(18)17(2)10-11-5-4-6-13(16)9-11/h4-9H,3,10,16H2,1-2H3. The summed E-state index contributed by atoms with van der Waals surface area (Å²) in [6.45, 7) is 2.64. The quantitative estimate of drug-likeness (QED) is 0.870. The summed E-state index contributed by atoms with van der Waals surface area (Å²) in [6, 6.07) is 9.66. The molecule has 100 valence electrons. The molecule has 4 heteroatoms. The molecule has 2 rings (SSSR count). The highest BCUT2D eigenvalue weighted by Gasteiger charge is 2.16. The van der Waals surface area contributed by atoms with Crippen molar-refractivity contribution in [1.82, 2.24) is 4.90 Å². The second-order valence-corrected chi connectivity index (χ2v) is 5.45. The first-order valence-electron chi connectivity index (χ1n) is 6.28. The number of hydrogen-bond donors (Lipinski definition) is 1. The van der Waals surface area contributed by atoms with Crippen LogP contribution in [0.1, 0.15) is 27.7 Å². The summed E-state index contributed by atoms with van der Waals surface area (Å²) in [5, 5.41) is 1.97. The Kier molecular flexibility index (Phi) is 4.22. The molecular formula is C15H18N2OS. The average molecular weight is 274 g/mol. The summed E-state index contributed by atoms with van der Waals surface area (Å²) in [6.07, 6.45) is 0.886. The van der Waals surface area contributed by atoms with Gasteiger partial charge in [0.1, 0.15) is 0 Å². The van der Waals surface area contributed by atoms with Gasteiger partial charge in [0.2, 0.25) is 0 Å². The van der Waals surface area contributed by atoms with Gasteiger partial charge >= 0.3 is 0 Å². The second-order valence-electron chi connectivity index (χ2n) is 4.53. The lowest BCUT2D eigenvalue weighted by Gasteiger charge is -2.17. The van der Waals surface area contributed by atoms with Gasteiger partial charge in [0, 0.05) is 19.3 Å². The Balaban J connectivity index is 2.12. The number of nitrogens with two attached hydrogens (primary N) is 1. The first-order valence-corrected chi connectivity index (χ1v) is 7.16. The maximum absolute atomic E-state index is 12.4. The fourth-order valence-corrected chi connectivity index (χ4v) is 3.00. The molecule has 0 bridgehead atoms. The van der Waals surface area contributed by atoms with Crippen LogP contribution in [0, 0.1) is 0 Å². The van der Waals surface area contributed by atoms with Crippen molar-refractivity contribution in [1.29, 1.82) is 0 Å². The van der Waals surface area contributed by atoms with Gasteiger partial charge in [0.25, 0.3) is 5.91 Å². The number of amides is 1. The van der Waals surface area contributed by atoms with E-state index in [0.29, 0.717) is 6.54 Å². The molecule has 0 saturated heterocycles. The number of nitrogens with zero attached hydrogens (tertiary/aromatic N) is 1. The van der Waals surface area contributed by atoms with Crippen molar-refractivity contribution in [3.05, 3.63) is 51.7 Å². The van der Waals surface area contributed by atoms with E-state index >= 15 is 0 Å². The van der Waals surface area contributed by atoms with Crippen molar-refractivity contribution in [2.75, 3.05) is 12.8 Å². The Morgan fingerprint density at radius 3 is 2.84 bits per heavy atom. The van der Waals surface area contributed by atoms with Gasteiger partial charge in [0.15, 0.2) is 0 Å². The highest BCUT2D eigenvalue weighted by atomic mass is 32.1. The van der Waals surface area contributed by atoms with E-state index in [4.69, 9.17) is 5.73 Å². The Labute approximate surface area is 117 Å². The normalized spacial score (nSPS) is 10.4. The van der Waals surface area contributed by atoms with E-state index in [2.05, 4.69) is 6.92 Å². The van der Waals surface area contributed by atoms with Gasteiger partial charge in [-0.3, -0.25) is 4.79 Å². The maximum Gasteiger partial charge on any atom is 0.264 e. The molecule has 1 amide bonds. The number of thiophene rings is 1. The van der Waals surface area contributed by atoms with E-state index in [1.165, 1.54) is 11.3 Å². The molecule has 1 heterocycles. The third kappa shape index (κ3) is 3.15. The molecule has 3 nitrogen and oxygen atoms in total. The van der Waals surface area contributed by atoms with Crippen LogP contribution in [0.5, 0.6) is 0 Å². The summed E-state index contributed by atoms with van der Waals surface area (Å²) in [5.74, 6) is 0.0780. The zero-order valence-electron chi connectivity index (χ0n) is 11.2. The topological polar surface area (TPSA) is 46.3 Å². The molecule has 0 spiro atoms. The van der Waals surface area contributed by atoms with Crippen LogP contribution in [0.4, 0.5) is 5.69 Å². The molecule has 0 atom stereocenters. The van der Waals surface area contributed by atoms with E-state index in [-0.39, 0.29) is 5.91 Å². The number of benzene rings is 1.